The van der Waals surface area contributed by atoms with Gasteiger partial charge in [0.15, 0.2) is 0 Å². The highest BCUT2D eigenvalue weighted by Crippen LogP contribution is 2.33. The second-order valence-electron chi connectivity index (χ2n) is 6.16. The number of hydrogen-bond donors (Lipinski definition) is 0. The predicted molar refractivity (Wildman–Crippen MR) is 81.4 cm³/mol. The van der Waals surface area contributed by atoms with Gasteiger partial charge in [0.05, 0.1) is 11.5 Å². The predicted octanol–water partition coefficient (Wildman–Crippen LogP) is 2.65. The molecule has 0 N–H and O–H groups in total. The highest BCUT2D eigenvalue weighted by atomic mass is 32.2. The van der Waals surface area contributed by atoms with Crippen molar-refractivity contribution in [1.82, 2.24) is 4.90 Å². The van der Waals surface area contributed by atoms with Crippen molar-refractivity contribution in [2.75, 3.05) is 24.6 Å². The topological polar surface area (TPSA) is 37.4 Å². The molecule has 0 bridgehead atoms. The van der Waals surface area contributed by atoms with Crippen LogP contribution in [0.2, 0.25) is 0 Å². The van der Waals surface area contributed by atoms with E-state index in [0.29, 0.717) is 23.5 Å². The van der Waals surface area contributed by atoms with Crippen LogP contribution in [-0.4, -0.2) is 37.9 Å². The Kier molecular flexibility index (Phi) is 4.13. The summed E-state index contributed by atoms with van der Waals surface area (Å²) < 4.78 is 23.0. The zero-order chi connectivity index (χ0) is 14.0. The molecular weight excluding hydrogens is 270 g/mol. The third-order valence-corrected chi connectivity index (χ3v) is 6.43. The molecule has 2 saturated heterocycles. The van der Waals surface area contributed by atoms with Crippen LogP contribution in [-0.2, 0) is 9.84 Å². The zero-order valence-corrected chi connectivity index (χ0v) is 12.7. The fraction of sp³-hybridized carbons (Fsp3) is 0.625. The smallest absolute Gasteiger partial charge is 0.150 e. The Hall–Kier alpha value is -0.870. The number of likely N-dealkylation sites (tertiary alicyclic amines) is 1. The number of benzene rings is 1. The molecular formula is C16H23NO2S. The maximum Gasteiger partial charge on any atom is 0.150 e. The fourth-order valence-electron chi connectivity index (χ4n) is 3.55. The summed E-state index contributed by atoms with van der Waals surface area (Å²) in [5.41, 5.74) is 1.41. The van der Waals surface area contributed by atoms with Crippen molar-refractivity contribution < 1.29 is 8.42 Å². The van der Waals surface area contributed by atoms with Crippen molar-refractivity contribution in [3.8, 4) is 0 Å². The van der Waals surface area contributed by atoms with E-state index < -0.39 is 9.84 Å². The van der Waals surface area contributed by atoms with E-state index in [0.717, 1.165) is 25.9 Å². The average molecular weight is 293 g/mol. The summed E-state index contributed by atoms with van der Waals surface area (Å²) >= 11 is 0. The zero-order valence-electron chi connectivity index (χ0n) is 11.9. The minimum Gasteiger partial charge on any atom is -0.296 e. The van der Waals surface area contributed by atoms with Gasteiger partial charge in [0.1, 0.15) is 9.84 Å². The van der Waals surface area contributed by atoms with Crippen molar-refractivity contribution in [1.29, 1.82) is 0 Å². The second-order valence-corrected chi connectivity index (χ2v) is 8.46. The van der Waals surface area contributed by atoms with E-state index in [1.807, 2.05) is 0 Å². The molecule has 2 fully saturated rings. The van der Waals surface area contributed by atoms with Crippen molar-refractivity contribution in [3.63, 3.8) is 0 Å². The minimum absolute atomic E-state index is 0.390. The molecule has 3 nitrogen and oxygen atoms in total. The van der Waals surface area contributed by atoms with Gasteiger partial charge in [-0.1, -0.05) is 30.3 Å². The standard InChI is InChI=1S/C16H23NO2S/c18-20(19)11-8-14(9-12-20)13-17-10-4-7-16(17)15-5-2-1-3-6-15/h1-3,5-6,14,16H,4,7-13H2. The van der Waals surface area contributed by atoms with Gasteiger partial charge >= 0.3 is 0 Å². The number of rotatable bonds is 3. The van der Waals surface area contributed by atoms with Gasteiger partial charge in [-0.05, 0) is 43.7 Å². The number of sulfone groups is 1. The molecule has 0 spiro atoms. The Morgan fingerprint density at radius 3 is 2.45 bits per heavy atom. The molecule has 3 rings (SSSR count). The molecule has 1 unspecified atom stereocenters. The van der Waals surface area contributed by atoms with Gasteiger partial charge in [0.25, 0.3) is 0 Å². The summed E-state index contributed by atoms with van der Waals surface area (Å²) in [4.78, 5) is 2.57. The third-order valence-electron chi connectivity index (χ3n) is 4.71. The van der Waals surface area contributed by atoms with Gasteiger partial charge in [-0.25, -0.2) is 8.42 Å². The average Bonchev–Trinajstić information content (AvgIpc) is 2.90. The van der Waals surface area contributed by atoms with E-state index in [9.17, 15) is 8.42 Å². The first-order chi connectivity index (χ1) is 9.64. The van der Waals surface area contributed by atoms with Crippen LogP contribution in [0.25, 0.3) is 0 Å². The summed E-state index contributed by atoms with van der Waals surface area (Å²) in [6.45, 7) is 2.22. The van der Waals surface area contributed by atoms with E-state index in [1.54, 1.807) is 0 Å². The molecule has 2 aliphatic heterocycles. The summed E-state index contributed by atoms with van der Waals surface area (Å²) in [5, 5.41) is 0. The van der Waals surface area contributed by atoms with Gasteiger partial charge in [0, 0.05) is 12.6 Å². The minimum atomic E-state index is -2.73. The molecule has 4 heteroatoms. The van der Waals surface area contributed by atoms with Gasteiger partial charge in [0.2, 0.25) is 0 Å². The number of hydrogen-bond acceptors (Lipinski definition) is 3. The van der Waals surface area contributed by atoms with Gasteiger partial charge < -0.3 is 0 Å². The number of nitrogens with zero attached hydrogens (tertiary/aromatic N) is 1. The summed E-state index contributed by atoms with van der Waals surface area (Å²) in [6, 6.07) is 11.3. The van der Waals surface area contributed by atoms with Crippen LogP contribution in [0.3, 0.4) is 0 Å². The van der Waals surface area contributed by atoms with Gasteiger partial charge in [-0.2, -0.15) is 0 Å². The Bertz CT molecular complexity index is 527. The molecule has 0 radical (unpaired) electrons. The fourth-order valence-corrected chi connectivity index (χ4v) is 5.14. The van der Waals surface area contributed by atoms with E-state index in [2.05, 4.69) is 35.2 Å². The van der Waals surface area contributed by atoms with Crippen LogP contribution in [0.4, 0.5) is 0 Å². The van der Waals surface area contributed by atoms with Gasteiger partial charge in [-0.3, -0.25) is 4.90 Å². The lowest BCUT2D eigenvalue weighted by molar-refractivity contribution is 0.208. The maximum absolute atomic E-state index is 11.5. The molecule has 0 saturated carbocycles. The molecule has 1 atom stereocenters. The molecule has 2 heterocycles. The molecule has 0 amide bonds. The Balaban J connectivity index is 1.62. The first-order valence-electron chi connectivity index (χ1n) is 7.63. The summed E-state index contributed by atoms with van der Waals surface area (Å²) in [5.74, 6) is 1.34. The monoisotopic (exact) mass is 293 g/mol. The van der Waals surface area contributed by atoms with Crippen molar-refractivity contribution >= 4 is 9.84 Å². The van der Waals surface area contributed by atoms with Crippen molar-refractivity contribution in [2.24, 2.45) is 5.92 Å². The molecule has 0 aromatic heterocycles. The summed E-state index contributed by atoms with van der Waals surface area (Å²) in [7, 11) is -2.73. The highest BCUT2D eigenvalue weighted by molar-refractivity contribution is 7.91. The van der Waals surface area contributed by atoms with Crippen LogP contribution in [0.5, 0.6) is 0 Å². The Morgan fingerprint density at radius 1 is 1.05 bits per heavy atom. The molecule has 110 valence electrons. The van der Waals surface area contributed by atoms with Crippen LogP contribution < -0.4 is 0 Å². The SMILES string of the molecule is O=S1(=O)CCC(CN2CCCC2c2ccccc2)CC1. The Morgan fingerprint density at radius 2 is 1.75 bits per heavy atom. The highest BCUT2D eigenvalue weighted by Gasteiger charge is 2.30. The molecule has 0 aliphatic carbocycles. The Labute approximate surface area is 121 Å². The van der Waals surface area contributed by atoms with Crippen molar-refractivity contribution in [3.05, 3.63) is 35.9 Å². The van der Waals surface area contributed by atoms with Crippen LogP contribution in [0.1, 0.15) is 37.3 Å². The first-order valence-corrected chi connectivity index (χ1v) is 9.46. The normalized spacial score (nSPS) is 27.7. The van der Waals surface area contributed by atoms with E-state index in [-0.39, 0.29) is 0 Å². The maximum atomic E-state index is 11.5. The lowest BCUT2D eigenvalue weighted by Crippen LogP contribution is -2.34. The van der Waals surface area contributed by atoms with E-state index >= 15 is 0 Å². The van der Waals surface area contributed by atoms with E-state index in [1.165, 1.54) is 18.4 Å². The second kappa shape index (κ2) is 5.86. The summed E-state index contributed by atoms with van der Waals surface area (Å²) in [6.07, 6.45) is 4.18. The van der Waals surface area contributed by atoms with E-state index in [4.69, 9.17) is 0 Å². The quantitative estimate of drug-likeness (QED) is 0.860. The van der Waals surface area contributed by atoms with Crippen molar-refractivity contribution in [2.45, 2.75) is 31.7 Å². The molecule has 1 aromatic carbocycles. The first kappa shape index (κ1) is 14.1. The molecule has 2 aliphatic rings. The van der Waals surface area contributed by atoms with Crippen LogP contribution in [0.15, 0.2) is 30.3 Å². The van der Waals surface area contributed by atoms with Crippen LogP contribution in [0, 0.1) is 5.92 Å². The lowest BCUT2D eigenvalue weighted by Gasteiger charge is -2.31. The largest absolute Gasteiger partial charge is 0.296 e. The van der Waals surface area contributed by atoms with Gasteiger partial charge in [-0.15, -0.1) is 0 Å². The lowest BCUT2D eigenvalue weighted by atomic mass is 10.00. The third kappa shape index (κ3) is 3.23. The molecule has 1 aromatic rings. The van der Waals surface area contributed by atoms with Crippen LogP contribution >= 0.6 is 0 Å². The molecule has 20 heavy (non-hydrogen) atoms.